The average molecular weight is 258 g/mol. The fourth-order valence-electron chi connectivity index (χ4n) is 2.22. The van der Waals surface area contributed by atoms with E-state index in [0.717, 1.165) is 6.54 Å². The quantitative estimate of drug-likeness (QED) is 0.772. The van der Waals surface area contributed by atoms with Crippen LogP contribution in [0.4, 0.5) is 0 Å². The topological polar surface area (TPSA) is 53.0 Å². The Balaban J connectivity index is 2.59. The van der Waals surface area contributed by atoms with Crippen LogP contribution in [-0.2, 0) is 9.53 Å². The predicted molar refractivity (Wildman–Crippen MR) is 70.4 cm³/mol. The molecule has 106 valence electrons. The van der Waals surface area contributed by atoms with E-state index in [9.17, 15) is 9.90 Å². The van der Waals surface area contributed by atoms with Gasteiger partial charge < -0.3 is 14.7 Å². The largest absolute Gasteiger partial charge is 0.389 e. The zero-order valence-corrected chi connectivity index (χ0v) is 12.0. The molecule has 1 amide bonds. The number of likely N-dealkylation sites (N-methyl/N-ethyl adjacent to an activating group) is 1. The highest BCUT2D eigenvalue weighted by Crippen LogP contribution is 2.11. The summed E-state index contributed by atoms with van der Waals surface area (Å²) < 4.78 is 5.25. The van der Waals surface area contributed by atoms with Crippen LogP contribution in [0.15, 0.2) is 0 Å². The number of hydrogen-bond donors (Lipinski definition) is 1. The van der Waals surface area contributed by atoms with Crippen LogP contribution in [0.2, 0.25) is 0 Å². The predicted octanol–water partition coefficient (Wildman–Crippen LogP) is 0.327. The van der Waals surface area contributed by atoms with Crippen molar-refractivity contribution in [2.75, 3.05) is 39.4 Å². The highest BCUT2D eigenvalue weighted by molar-refractivity contribution is 5.81. The minimum absolute atomic E-state index is 0.129. The Labute approximate surface area is 110 Å². The van der Waals surface area contributed by atoms with Crippen molar-refractivity contribution in [2.24, 2.45) is 0 Å². The highest BCUT2D eigenvalue weighted by Gasteiger charge is 2.29. The second-order valence-electron chi connectivity index (χ2n) is 5.49. The van der Waals surface area contributed by atoms with E-state index in [-0.39, 0.29) is 11.9 Å². The van der Waals surface area contributed by atoms with Crippen LogP contribution in [0.25, 0.3) is 0 Å². The third-order valence-corrected chi connectivity index (χ3v) is 3.22. The first-order chi connectivity index (χ1) is 8.35. The molecule has 1 rings (SSSR count). The summed E-state index contributed by atoms with van der Waals surface area (Å²) in [5.41, 5.74) is -0.782. The highest BCUT2D eigenvalue weighted by atomic mass is 16.5. The van der Waals surface area contributed by atoms with Crippen molar-refractivity contribution >= 4 is 5.91 Å². The Morgan fingerprint density at radius 3 is 2.44 bits per heavy atom. The van der Waals surface area contributed by atoms with E-state index in [1.165, 1.54) is 0 Å². The van der Waals surface area contributed by atoms with Crippen molar-refractivity contribution in [1.29, 1.82) is 0 Å². The zero-order valence-electron chi connectivity index (χ0n) is 12.0. The summed E-state index contributed by atoms with van der Waals surface area (Å²) >= 11 is 0. The first-order valence-electron chi connectivity index (χ1n) is 6.68. The summed E-state index contributed by atoms with van der Waals surface area (Å²) in [6.45, 7) is 11.3. The van der Waals surface area contributed by atoms with Gasteiger partial charge in [0.15, 0.2) is 0 Å². The van der Waals surface area contributed by atoms with Crippen molar-refractivity contribution in [3.8, 4) is 0 Å². The summed E-state index contributed by atoms with van der Waals surface area (Å²) in [6, 6.07) is -0.195. The summed E-state index contributed by atoms with van der Waals surface area (Å²) in [5.74, 6) is 0.129. The van der Waals surface area contributed by atoms with Crippen LogP contribution in [0.5, 0.6) is 0 Å². The number of rotatable bonds is 5. The monoisotopic (exact) mass is 258 g/mol. The molecule has 0 spiro atoms. The maximum atomic E-state index is 12.3. The third-order valence-electron chi connectivity index (χ3n) is 3.22. The fraction of sp³-hybridized carbons (Fsp3) is 0.923. The van der Waals surface area contributed by atoms with Gasteiger partial charge in [-0.25, -0.2) is 0 Å². The Bertz CT molecular complexity index is 270. The molecule has 0 bridgehead atoms. The lowest BCUT2D eigenvalue weighted by atomic mass is 10.1. The number of carbonyl (C=O) groups excluding carboxylic acids is 1. The fourth-order valence-corrected chi connectivity index (χ4v) is 2.22. The number of amides is 1. The number of ether oxygens (including phenoxy) is 1. The molecule has 5 heteroatoms. The molecule has 1 heterocycles. The summed E-state index contributed by atoms with van der Waals surface area (Å²) in [7, 11) is 0. The summed E-state index contributed by atoms with van der Waals surface area (Å²) in [4.78, 5) is 16.2. The SMILES string of the molecule is CCN(CC(C)(C)O)C(C)C(=O)N1CCOCC1. The number of hydrogen-bond acceptors (Lipinski definition) is 4. The summed E-state index contributed by atoms with van der Waals surface area (Å²) in [5, 5.41) is 9.87. The second-order valence-corrected chi connectivity index (χ2v) is 5.49. The lowest BCUT2D eigenvalue weighted by Gasteiger charge is -2.36. The van der Waals surface area contributed by atoms with E-state index in [0.29, 0.717) is 32.8 Å². The average Bonchev–Trinajstić information content (AvgIpc) is 2.34. The third kappa shape index (κ3) is 4.55. The van der Waals surface area contributed by atoms with Crippen LogP contribution in [0, 0.1) is 0 Å². The van der Waals surface area contributed by atoms with Gasteiger partial charge in [-0.1, -0.05) is 6.92 Å². The van der Waals surface area contributed by atoms with Gasteiger partial charge in [0.05, 0.1) is 24.9 Å². The number of aliphatic hydroxyl groups is 1. The minimum atomic E-state index is -0.782. The molecular weight excluding hydrogens is 232 g/mol. The van der Waals surface area contributed by atoms with Crippen molar-refractivity contribution < 1.29 is 14.6 Å². The van der Waals surface area contributed by atoms with Crippen molar-refractivity contribution in [3.05, 3.63) is 0 Å². The molecule has 5 nitrogen and oxygen atoms in total. The van der Waals surface area contributed by atoms with Gasteiger partial charge in [0.25, 0.3) is 0 Å². The van der Waals surface area contributed by atoms with Gasteiger partial charge in [0.1, 0.15) is 0 Å². The molecule has 1 unspecified atom stereocenters. The van der Waals surface area contributed by atoms with E-state index in [1.54, 1.807) is 13.8 Å². The zero-order chi connectivity index (χ0) is 13.8. The molecule has 0 radical (unpaired) electrons. The molecule has 18 heavy (non-hydrogen) atoms. The normalized spacial score (nSPS) is 19.1. The van der Waals surface area contributed by atoms with Gasteiger partial charge in [0, 0.05) is 19.6 Å². The van der Waals surface area contributed by atoms with E-state index in [1.807, 2.05) is 23.6 Å². The van der Waals surface area contributed by atoms with Crippen LogP contribution in [0.1, 0.15) is 27.7 Å². The molecule has 0 aromatic heterocycles. The van der Waals surface area contributed by atoms with Crippen LogP contribution in [-0.4, -0.2) is 71.8 Å². The first-order valence-corrected chi connectivity index (χ1v) is 6.68. The summed E-state index contributed by atoms with van der Waals surface area (Å²) in [6.07, 6.45) is 0. The van der Waals surface area contributed by atoms with E-state index in [4.69, 9.17) is 4.74 Å². The second kappa shape index (κ2) is 6.50. The Morgan fingerprint density at radius 2 is 2.00 bits per heavy atom. The lowest BCUT2D eigenvalue weighted by molar-refractivity contribution is -0.141. The van der Waals surface area contributed by atoms with E-state index >= 15 is 0 Å². The molecule has 0 aromatic carbocycles. The van der Waals surface area contributed by atoms with Crippen molar-refractivity contribution in [1.82, 2.24) is 9.80 Å². The number of carbonyl (C=O) groups is 1. The Kier molecular flexibility index (Phi) is 5.56. The minimum Gasteiger partial charge on any atom is -0.389 e. The molecular formula is C13H26N2O3. The molecule has 1 fully saturated rings. The molecule has 1 atom stereocenters. The van der Waals surface area contributed by atoms with E-state index < -0.39 is 5.60 Å². The molecule has 1 aliphatic rings. The lowest BCUT2D eigenvalue weighted by Crippen LogP contribution is -2.53. The van der Waals surface area contributed by atoms with Gasteiger partial charge in [-0.05, 0) is 27.3 Å². The first kappa shape index (κ1) is 15.4. The van der Waals surface area contributed by atoms with Crippen molar-refractivity contribution in [3.63, 3.8) is 0 Å². The number of nitrogens with zero attached hydrogens (tertiary/aromatic N) is 2. The standard InChI is InChI=1S/C13H26N2O3/c1-5-14(10-13(3,4)17)11(2)12(16)15-6-8-18-9-7-15/h11,17H,5-10H2,1-4H3. The van der Waals surface area contributed by atoms with Gasteiger partial charge >= 0.3 is 0 Å². The maximum absolute atomic E-state index is 12.3. The van der Waals surface area contributed by atoms with Gasteiger partial charge in [-0.3, -0.25) is 9.69 Å². The Morgan fingerprint density at radius 1 is 1.44 bits per heavy atom. The van der Waals surface area contributed by atoms with Gasteiger partial charge in [-0.2, -0.15) is 0 Å². The smallest absolute Gasteiger partial charge is 0.239 e. The molecule has 1 saturated heterocycles. The molecule has 0 aromatic rings. The van der Waals surface area contributed by atoms with Crippen LogP contribution >= 0.6 is 0 Å². The van der Waals surface area contributed by atoms with Crippen molar-refractivity contribution in [2.45, 2.75) is 39.3 Å². The molecule has 1 aliphatic heterocycles. The van der Waals surface area contributed by atoms with Crippen LogP contribution < -0.4 is 0 Å². The van der Waals surface area contributed by atoms with Crippen LogP contribution in [0.3, 0.4) is 0 Å². The number of morpholine rings is 1. The van der Waals surface area contributed by atoms with Gasteiger partial charge in [0.2, 0.25) is 5.91 Å². The molecule has 0 aliphatic carbocycles. The Hall–Kier alpha value is -0.650. The van der Waals surface area contributed by atoms with Gasteiger partial charge in [-0.15, -0.1) is 0 Å². The maximum Gasteiger partial charge on any atom is 0.239 e. The van der Waals surface area contributed by atoms with E-state index in [2.05, 4.69) is 0 Å². The molecule has 0 saturated carbocycles. The molecule has 1 N–H and O–H groups in total.